The van der Waals surface area contributed by atoms with Gasteiger partial charge in [0.1, 0.15) is 0 Å². The van der Waals surface area contributed by atoms with Gasteiger partial charge in [0, 0.05) is 31.4 Å². The topological polar surface area (TPSA) is 40.9 Å². The number of hydrogen-bond acceptors (Lipinski definition) is 4. The first-order valence-corrected chi connectivity index (χ1v) is 9.50. The van der Waals surface area contributed by atoms with Crippen LogP contribution >= 0.6 is 0 Å². The molecule has 142 valence electrons. The molecule has 0 atom stereocenters. The van der Waals surface area contributed by atoms with Gasteiger partial charge in [0.05, 0.1) is 16.9 Å². The number of fused-ring (bicyclic) bond motifs is 1. The Bertz CT molecular complexity index is 1150. The standard InChI is InChI=1S/C25H22N4/c1-29(2)23-15-13-22(14-16-23)28-27-21-11-8-19(9-12-21)7-10-20-17-18-26-25-6-4-3-5-24(20)25/h3-18H,1-2H3. The molecule has 0 amide bonds. The van der Waals surface area contributed by atoms with E-state index in [2.05, 4.69) is 38.3 Å². The number of pyridine rings is 1. The molecule has 0 radical (unpaired) electrons. The summed E-state index contributed by atoms with van der Waals surface area (Å²) in [6.45, 7) is 0. The monoisotopic (exact) mass is 378 g/mol. The summed E-state index contributed by atoms with van der Waals surface area (Å²) in [6.07, 6.45) is 6.06. The maximum absolute atomic E-state index is 4.41. The van der Waals surface area contributed by atoms with Crippen molar-refractivity contribution in [3.8, 4) is 0 Å². The molecule has 0 aliphatic carbocycles. The molecular weight excluding hydrogens is 356 g/mol. The highest BCUT2D eigenvalue weighted by Crippen LogP contribution is 2.23. The molecule has 4 nitrogen and oxygen atoms in total. The highest BCUT2D eigenvalue weighted by atomic mass is 15.1. The molecule has 0 unspecified atom stereocenters. The van der Waals surface area contributed by atoms with Crippen molar-refractivity contribution in [3.05, 3.63) is 96.2 Å². The Morgan fingerprint density at radius 1 is 0.724 bits per heavy atom. The summed E-state index contributed by atoms with van der Waals surface area (Å²) in [7, 11) is 4.04. The molecule has 3 aromatic carbocycles. The number of rotatable bonds is 5. The minimum Gasteiger partial charge on any atom is -0.378 e. The predicted molar refractivity (Wildman–Crippen MR) is 122 cm³/mol. The van der Waals surface area contributed by atoms with Crippen LogP contribution in [0.2, 0.25) is 0 Å². The third-order valence-corrected chi connectivity index (χ3v) is 4.68. The summed E-state index contributed by atoms with van der Waals surface area (Å²) in [6, 6.07) is 26.2. The number of azo groups is 1. The Hall–Kier alpha value is -3.79. The molecular formula is C25H22N4. The fourth-order valence-corrected chi connectivity index (χ4v) is 3.03. The van der Waals surface area contributed by atoms with Crippen molar-refractivity contribution in [1.29, 1.82) is 0 Å². The lowest BCUT2D eigenvalue weighted by Gasteiger charge is -2.11. The van der Waals surface area contributed by atoms with Crippen LogP contribution in [0, 0.1) is 0 Å². The lowest BCUT2D eigenvalue weighted by molar-refractivity contribution is 1.13. The van der Waals surface area contributed by atoms with Crippen LogP contribution in [0.5, 0.6) is 0 Å². The van der Waals surface area contributed by atoms with Gasteiger partial charge in [-0.15, -0.1) is 0 Å². The molecule has 0 bridgehead atoms. The lowest BCUT2D eigenvalue weighted by atomic mass is 10.1. The predicted octanol–water partition coefficient (Wildman–Crippen LogP) is 6.89. The number of benzene rings is 3. The molecule has 4 aromatic rings. The second-order valence-corrected chi connectivity index (χ2v) is 6.95. The normalized spacial score (nSPS) is 11.5. The van der Waals surface area contributed by atoms with Gasteiger partial charge < -0.3 is 4.90 Å². The molecule has 0 aliphatic rings. The van der Waals surface area contributed by atoms with Crippen LogP contribution < -0.4 is 4.90 Å². The van der Waals surface area contributed by atoms with Crippen molar-refractivity contribution in [1.82, 2.24) is 4.98 Å². The summed E-state index contributed by atoms with van der Waals surface area (Å²) in [5, 5.41) is 9.80. The highest BCUT2D eigenvalue weighted by molar-refractivity contribution is 5.90. The average molecular weight is 378 g/mol. The van der Waals surface area contributed by atoms with Crippen molar-refractivity contribution in [2.45, 2.75) is 0 Å². The van der Waals surface area contributed by atoms with Crippen LogP contribution in [0.15, 0.2) is 95.3 Å². The van der Waals surface area contributed by atoms with Crippen molar-refractivity contribution in [2.24, 2.45) is 10.2 Å². The van der Waals surface area contributed by atoms with Gasteiger partial charge >= 0.3 is 0 Å². The van der Waals surface area contributed by atoms with Gasteiger partial charge in [-0.2, -0.15) is 10.2 Å². The number of aromatic nitrogens is 1. The Balaban J connectivity index is 1.47. The molecule has 0 spiro atoms. The summed E-state index contributed by atoms with van der Waals surface area (Å²) in [5.74, 6) is 0. The molecule has 0 saturated carbocycles. The molecule has 1 heterocycles. The largest absolute Gasteiger partial charge is 0.378 e. The van der Waals surface area contributed by atoms with Crippen molar-refractivity contribution >= 4 is 40.1 Å². The molecule has 4 rings (SSSR count). The maximum atomic E-state index is 4.41. The second-order valence-electron chi connectivity index (χ2n) is 6.95. The summed E-state index contributed by atoms with van der Waals surface area (Å²) < 4.78 is 0. The van der Waals surface area contributed by atoms with Gasteiger partial charge in [0.25, 0.3) is 0 Å². The Morgan fingerprint density at radius 2 is 1.38 bits per heavy atom. The first-order chi connectivity index (χ1) is 14.2. The van der Waals surface area contributed by atoms with E-state index >= 15 is 0 Å². The zero-order valence-electron chi connectivity index (χ0n) is 16.5. The van der Waals surface area contributed by atoms with Crippen LogP contribution in [-0.2, 0) is 0 Å². The third kappa shape index (κ3) is 4.55. The summed E-state index contributed by atoms with van der Waals surface area (Å²) in [4.78, 5) is 6.47. The van der Waals surface area contributed by atoms with Crippen molar-refractivity contribution < 1.29 is 0 Å². The molecule has 0 fully saturated rings. The number of nitrogens with zero attached hydrogens (tertiary/aromatic N) is 4. The van der Waals surface area contributed by atoms with Gasteiger partial charge in [0.15, 0.2) is 0 Å². The summed E-state index contributed by atoms with van der Waals surface area (Å²) >= 11 is 0. The molecule has 29 heavy (non-hydrogen) atoms. The van der Waals surface area contributed by atoms with E-state index in [0.29, 0.717) is 0 Å². The van der Waals surface area contributed by atoms with Gasteiger partial charge in [-0.3, -0.25) is 4.98 Å². The Kier molecular flexibility index (Phi) is 5.43. The molecule has 0 aliphatic heterocycles. The molecule has 0 saturated heterocycles. The zero-order valence-corrected chi connectivity index (χ0v) is 16.5. The molecule has 4 heteroatoms. The van der Waals surface area contributed by atoms with E-state index in [9.17, 15) is 0 Å². The van der Waals surface area contributed by atoms with Crippen LogP contribution in [0.1, 0.15) is 11.1 Å². The van der Waals surface area contributed by atoms with Crippen LogP contribution in [-0.4, -0.2) is 19.1 Å². The van der Waals surface area contributed by atoms with Crippen molar-refractivity contribution in [2.75, 3.05) is 19.0 Å². The quantitative estimate of drug-likeness (QED) is 0.355. The van der Waals surface area contributed by atoms with Gasteiger partial charge in [-0.1, -0.05) is 42.5 Å². The minimum absolute atomic E-state index is 0.827. The van der Waals surface area contributed by atoms with E-state index < -0.39 is 0 Å². The zero-order chi connectivity index (χ0) is 20.1. The van der Waals surface area contributed by atoms with Crippen LogP contribution in [0.3, 0.4) is 0 Å². The highest BCUT2D eigenvalue weighted by Gasteiger charge is 1.98. The van der Waals surface area contributed by atoms with E-state index in [-0.39, 0.29) is 0 Å². The average Bonchev–Trinajstić information content (AvgIpc) is 2.77. The van der Waals surface area contributed by atoms with Gasteiger partial charge in [-0.05, 0) is 59.7 Å². The summed E-state index contributed by atoms with van der Waals surface area (Å²) in [5.41, 5.74) is 6.07. The SMILES string of the molecule is CN(C)c1ccc(N=Nc2ccc(C=Cc3ccnc4ccccc34)cc2)cc1. The Morgan fingerprint density at radius 3 is 2.07 bits per heavy atom. The van der Waals surface area contributed by atoms with E-state index in [1.807, 2.05) is 93.1 Å². The lowest BCUT2D eigenvalue weighted by Crippen LogP contribution is -2.07. The first kappa shape index (κ1) is 18.6. The molecule has 0 N–H and O–H groups in total. The fourth-order valence-electron chi connectivity index (χ4n) is 3.03. The smallest absolute Gasteiger partial charge is 0.0858 e. The van der Waals surface area contributed by atoms with Gasteiger partial charge in [-0.25, -0.2) is 0 Å². The van der Waals surface area contributed by atoms with Gasteiger partial charge in [0.2, 0.25) is 0 Å². The second kappa shape index (κ2) is 8.48. The number of hydrogen-bond donors (Lipinski definition) is 0. The van der Waals surface area contributed by atoms with Crippen molar-refractivity contribution in [3.63, 3.8) is 0 Å². The van der Waals surface area contributed by atoms with E-state index in [0.717, 1.165) is 39.1 Å². The third-order valence-electron chi connectivity index (χ3n) is 4.68. The number of para-hydroxylation sites is 1. The van der Waals surface area contributed by atoms with E-state index in [1.54, 1.807) is 0 Å². The maximum Gasteiger partial charge on any atom is 0.0858 e. The van der Waals surface area contributed by atoms with Crippen LogP contribution in [0.25, 0.3) is 23.1 Å². The minimum atomic E-state index is 0.827. The van der Waals surface area contributed by atoms with E-state index in [4.69, 9.17) is 0 Å². The first-order valence-electron chi connectivity index (χ1n) is 9.50. The molecule has 1 aromatic heterocycles. The fraction of sp³-hybridized carbons (Fsp3) is 0.0800. The Labute approximate surface area is 170 Å². The van der Waals surface area contributed by atoms with Crippen LogP contribution in [0.4, 0.5) is 17.1 Å². The number of anilines is 1. The van der Waals surface area contributed by atoms with E-state index in [1.165, 1.54) is 0 Å².